The first kappa shape index (κ1) is 15.9. The lowest BCUT2D eigenvalue weighted by molar-refractivity contribution is -0.142. The molecule has 24 heavy (non-hydrogen) atoms. The Morgan fingerprint density at radius 3 is 2.54 bits per heavy atom. The molecule has 1 amide bonds. The molecular formula is C17H18N4O3. The number of carbonyl (C=O) groups is 2. The number of amides is 1. The van der Waals surface area contributed by atoms with Crippen molar-refractivity contribution in [2.24, 2.45) is 0 Å². The van der Waals surface area contributed by atoms with E-state index in [4.69, 9.17) is 5.73 Å². The largest absolute Gasteiger partial charge is 0.481 e. The number of fused-ring (bicyclic) bond motifs is 1. The highest BCUT2D eigenvalue weighted by Crippen LogP contribution is 2.29. The minimum absolute atomic E-state index is 0.179. The van der Waals surface area contributed by atoms with Gasteiger partial charge in [-0.2, -0.15) is 0 Å². The summed E-state index contributed by atoms with van der Waals surface area (Å²) < 4.78 is 0. The Balaban J connectivity index is 1.93. The zero-order chi connectivity index (χ0) is 17.5. The van der Waals surface area contributed by atoms with Gasteiger partial charge in [0.25, 0.3) is 5.91 Å². The van der Waals surface area contributed by atoms with Crippen LogP contribution in [0.3, 0.4) is 0 Å². The van der Waals surface area contributed by atoms with Crippen molar-refractivity contribution in [1.29, 1.82) is 0 Å². The molecule has 0 spiro atoms. The SMILES string of the molecule is CC(C)(C(=O)O)c1ccc(N2CCc3ncnc(N)c3C2=O)cc1. The fraction of sp³-hybridized carbons (Fsp3) is 0.294. The minimum Gasteiger partial charge on any atom is -0.481 e. The lowest BCUT2D eigenvalue weighted by atomic mass is 9.85. The van der Waals surface area contributed by atoms with Gasteiger partial charge in [-0.05, 0) is 31.5 Å². The number of nitrogens with zero attached hydrogens (tertiary/aromatic N) is 3. The van der Waals surface area contributed by atoms with Crippen LogP contribution in [0, 0.1) is 0 Å². The standard InChI is InChI=1S/C17H18N4O3/c1-17(2,16(23)24)10-3-5-11(6-4-10)21-8-7-12-13(15(21)22)14(18)20-9-19-12/h3-6,9H,7-8H2,1-2H3,(H,23,24)(H2,18,19,20). The van der Waals surface area contributed by atoms with E-state index in [1.165, 1.54) is 6.33 Å². The predicted octanol–water partition coefficient (Wildman–Crippen LogP) is 1.62. The second-order valence-electron chi connectivity index (χ2n) is 6.26. The highest BCUT2D eigenvalue weighted by Gasteiger charge is 2.31. The zero-order valence-corrected chi connectivity index (χ0v) is 13.5. The van der Waals surface area contributed by atoms with E-state index in [9.17, 15) is 14.7 Å². The van der Waals surface area contributed by atoms with Gasteiger partial charge in [-0.1, -0.05) is 12.1 Å². The van der Waals surface area contributed by atoms with Crippen molar-refractivity contribution in [3.63, 3.8) is 0 Å². The van der Waals surface area contributed by atoms with Crippen LogP contribution >= 0.6 is 0 Å². The third-order valence-corrected chi connectivity index (χ3v) is 4.42. The summed E-state index contributed by atoms with van der Waals surface area (Å²) in [7, 11) is 0. The van der Waals surface area contributed by atoms with Crippen molar-refractivity contribution in [3.8, 4) is 0 Å². The van der Waals surface area contributed by atoms with Crippen LogP contribution in [0.4, 0.5) is 11.5 Å². The number of hydrogen-bond donors (Lipinski definition) is 2. The number of carbonyl (C=O) groups excluding carboxylic acids is 1. The number of nitrogens with two attached hydrogens (primary N) is 1. The molecule has 1 aliphatic rings. The Morgan fingerprint density at radius 1 is 1.25 bits per heavy atom. The molecule has 0 aliphatic carbocycles. The Kier molecular flexibility index (Phi) is 3.71. The molecule has 0 saturated carbocycles. The van der Waals surface area contributed by atoms with E-state index < -0.39 is 11.4 Å². The molecule has 2 heterocycles. The third-order valence-electron chi connectivity index (χ3n) is 4.42. The molecule has 0 atom stereocenters. The summed E-state index contributed by atoms with van der Waals surface area (Å²) in [4.78, 5) is 33.7. The molecule has 1 aromatic carbocycles. The molecule has 1 aromatic heterocycles. The fourth-order valence-electron chi connectivity index (χ4n) is 2.74. The normalized spacial score (nSPS) is 14.4. The number of hydrogen-bond acceptors (Lipinski definition) is 5. The van der Waals surface area contributed by atoms with Gasteiger partial charge in [-0.25, -0.2) is 9.97 Å². The lowest BCUT2D eigenvalue weighted by Gasteiger charge is -2.29. The monoisotopic (exact) mass is 326 g/mol. The molecule has 124 valence electrons. The first-order valence-electron chi connectivity index (χ1n) is 7.57. The molecule has 3 N–H and O–H groups in total. The Bertz CT molecular complexity index is 815. The number of nitrogen functional groups attached to an aromatic ring is 1. The van der Waals surface area contributed by atoms with E-state index in [1.54, 1.807) is 43.0 Å². The summed E-state index contributed by atoms with van der Waals surface area (Å²) in [6.45, 7) is 3.78. The fourth-order valence-corrected chi connectivity index (χ4v) is 2.74. The van der Waals surface area contributed by atoms with Gasteiger partial charge in [0.1, 0.15) is 17.7 Å². The number of benzene rings is 1. The molecular weight excluding hydrogens is 308 g/mol. The highest BCUT2D eigenvalue weighted by molar-refractivity contribution is 6.10. The number of anilines is 2. The minimum atomic E-state index is -0.991. The van der Waals surface area contributed by atoms with Crippen molar-refractivity contribution >= 4 is 23.4 Å². The van der Waals surface area contributed by atoms with Crippen LogP contribution in [0.5, 0.6) is 0 Å². The maximum atomic E-state index is 12.7. The molecule has 0 bridgehead atoms. The Morgan fingerprint density at radius 2 is 1.92 bits per heavy atom. The van der Waals surface area contributed by atoms with Crippen LogP contribution in [0.25, 0.3) is 0 Å². The van der Waals surface area contributed by atoms with Gasteiger partial charge in [0, 0.05) is 18.7 Å². The maximum Gasteiger partial charge on any atom is 0.313 e. The van der Waals surface area contributed by atoms with Gasteiger partial charge in [-0.3, -0.25) is 9.59 Å². The van der Waals surface area contributed by atoms with E-state index in [-0.39, 0.29) is 11.7 Å². The molecule has 7 nitrogen and oxygen atoms in total. The molecule has 1 aliphatic heterocycles. The van der Waals surface area contributed by atoms with E-state index >= 15 is 0 Å². The summed E-state index contributed by atoms with van der Waals surface area (Å²) in [6.07, 6.45) is 1.95. The third kappa shape index (κ3) is 2.47. The zero-order valence-electron chi connectivity index (χ0n) is 13.5. The number of rotatable bonds is 3. The summed E-state index contributed by atoms with van der Waals surface area (Å²) in [5, 5.41) is 9.30. The second kappa shape index (κ2) is 5.59. The van der Waals surface area contributed by atoms with Crippen LogP contribution in [0.2, 0.25) is 0 Å². The van der Waals surface area contributed by atoms with E-state index in [2.05, 4.69) is 9.97 Å². The van der Waals surface area contributed by atoms with Gasteiger partial charge in [-0.15, -0.1) is 0 Å². The van der Waals surface area contributed by atoms with Crippen molar-refractivity contribution in [1.82, 2.24) is 9.97 Å². The van der Waals surface area contributed by atoms with E-state index in [0.717, 1.165) is 0 Å². The van der Waals surface area contributed by atoms with Gasteiger partial charge in [0.05, 0.1) is 11.1 Å². The number of carboxylic acids is 1. The lowest BCUT2D eigenvalue weighted by Crippen LogP contribution is -2.39. The average Bonchev–Trinajstić information content (AvgIpc) is 2.55. The first-order valence-corrected chi connectivity index (χ1v) is 7.57. The summed E-state index contributed by atoms with van der Waals surface area (Å²) in [5.41, 5.74) is 7.20. The van der Waals surface area contributed by atoms with Gasteiger partial charge in [0.15, 0.2) is 0 Å². The molecule has 0 fully saturated rings. The Labute approximate surface area is 139 Å². The van der Waals surface area contributed by atoms with Crippen molar-refractivity contribution in [3.05, 3.63) is 47.4 Å². The quantitative estimate of drug-likeness (QED) is 0.887. The number of aliphatic carboxylic acids is 1. The number of carboxylic acid groups (broad SMARTS) is 1. The number of aromatic nitrogens is 2. The van der Waals surface area contributed by atoms with Gasteiger partial charge in [0.2, 0.25) is 0 Å². The van der Waals surface area contributed by atoms with Crippen LogP contribution < -0.4 is 10.6 Å². The smallest absolute Gasteiger partial charge is 0.313 e. The topological polar surface area (TPSA) is 109 Å². The predicted molar refractivity (Wildman–Crippen MR) is 88.9 cm³/mol. The molecule has 2 aromatic rings. The van der Waals surface area contributed by atoms with E-state index in [1.807, 2.05) is 0 Å². The van der Waals surface area contributed by atoms with Crippen molar-refractivity contribution < 1.29 is 14.7 Å². The summed E-state index contributed by atoms with van der Waals surface area (Å²) in [5.74, 6) is -0.957. The highest BCUT2D eigenvalue weighted by atomic mass is 16.4. The van der Waals surface area contributed by atoms with Crippen molar-refractivity contribution in [2.75, 3.05) is 17.2 Å². The molecule has 0 saturated heterocycles. The average molecular weight is 326 g/mol. The summed E-state index contributed by atoms with van der Waals surface area (Å²) >= 11 is 0. The summed E-state index contributed by atoms with van der Waals surface area (Å²) in [6, 6.07) is 6.97. The van der Waals surface area contributed by atoms with E-state index in [0.29, 0.717) is 35.5 Å². The molecule has 0 unspecified atom stereocenters. The molecule has 0 radical (unpaired) electrons. The first-order chi connectivity index (χ1) is 11.3. The van der Waals surface area contributed by atoms with Crippen LogP contribution in [0.15, 0.2) is 30.6 Å². The maximum absolute atomic E-state index is 12.7. The van der Waals surface area contributed by atoms with Crippen LogP contribution in [-0.4, -0.2) is 33.5 Å². The molecule has 7 heteroatoms. The van der Waals surface area contributed by atoms with Crippen LogP contribution in [0.1, 0.15) is 35.5 Å². The second-order valence-corrected chi connectivity index (χ2v) is 6.26. The van der Waals surface area contributed by atoms with Gasteiger partial charge >= 0.3 is 5.97 Å². The van der Waals surface area contributed by atoms with Crippen LogP contribution in [-0.2, 0) is 16.6 Å². The Hall–Kier alpha value is -2.96. The van der Waals surface area contributed by atoms with Gasteiger partial charge < -0.3 is 15.7 Å². The molecule has 3 rings (SSSR count). The van der Waals surface area contributed by atoms with Crippen molar-refractivity contribution in [2.45, 2.75) is 25.7 Å².